The maximum absolute atomic E-state index is 11.3. The molecule has 0 aromatic rings. The van der Waals surface area contributed by atoms with E-state index in [0.29, 0.717) is 0 Å². The number of aliphatic hydroxyl groups excluding tert-OH is 1. The smallest absolute Gasteiger partial charge is 0.308 e. The van der Waals surface area contributed by atoms with Gasteiger partial charge in [0.2, 0.25) is 9.76 Å². The summed E-state index contributed by atoms with van der Waals surface area (Å²) in [5, 5.41) is 10.2. The van der Waals surface area contributed by atoms with Gasteiger partial charge in [0, 0.05) is 0 Å². The van der Waals surface area contributed by atoms with E-state index in [4.69, 9.17) is 4.43 Å². The van der Waals surface area contributed by atoms with Crippen LogP contribution < -0.4 is 0 Å². The number of ether oxygens (including phenoxy) is 1. The van der Waals surface area contributed by atoms with Crippen LogP contribution in [-0.2, 0) is 14.0 Å². The summed E-state index contributed by atoms with van der Waals surface area (Å²) in [5.74, 6) is -0.422. The van der Waals surface area contributed by atoms with Crippen LogP contribution in [0.2, 0.25) is 5.04 Å². The molecule has 0 saturated carbocycles. The molecule has 122 valence electrons. The van der Waals surface area contributed by atoms with E-state index < -0.39 is 18.2 Å². The molecule has 0 saturated heterocycles. The van der Waals surface area contributed by atoms with Gasteiger partial charge < -0.3 is 14.3 Å². The highest BCUT2D eigenvalue weighted by Gasteiger charge is 2.24. The van der Waals surface area contributed by atoms with Gasteiger partial charge >= 0.3 is 5.97 Å². The van der Waals surface area contributed by atoms with Crippen molar-refractivity contribution in [2.75, 3.05) is 7.11 Å². The number of unbranched alkanes of at least 4 members (excludes halogenated alkanes) is 3. The molecule has 5 heteroatoms. The number of aliphatic hydroxyl groups is 1. The van der Waals surface area contributed by atoms with E-state index in [0.717, 1.165) is 12.8 Å². The molecular weight excluding hydrogens is 284 g/mol. The van der Waals surface area contributed by atoms with Gasteiger partial charge in [0.1, 0.15) is 0 Å². The Morgan fingerprint density at radius 2 is 2.00 bits per heavy atom. The van der Waals surface area contributed by atoms with E-state index in [-0.39, 0.29) is 21.2 Å². The van der Waals surface area contributed by atoms with E-state index in [9.17, 15) is 9.90 Å². The van der Waals surface area contributed by atoms with Gasteiger partial charge in [-0.3, -0.25) is 4.79 Å². The highest BCUT2D eigenvalue weighted by Crippen LogP contribution is 2.22. The van der Waals surface area contributed by atoms with Gasteiger partial charge in [-0.05, 0) is 17.9 Å². The quantitative estimate of drug-likeness (QED) is 0.291. The third kappa shape index (κ3) is 11.7. The molecule has 2 atom stereocenters. The molecule has 0 aliphatic heterocycles. The average Bonchev–Trinajstić information content (AvgIpc) is 2.40. The number of rotatable bonds is 10. The van der Waals surface area contributed by atoms with Crippen molar-refractivity contribution in [3.8, 4) is 0 Å². The van der Waals surface area contributed by atoms with Gasteiger partial charge in [0.15, 0.2) is 0 Å². The van der Waals surface area contributed by atoms with Gasteiger partial charge in [-0.1, -0.05) is 52.7 Å². The molecule has 0 aliphatic carbocycles. The van der Waals surface area contributed by atoms with Crippen molar-refractivity contribution < 1.29 is 19.1 Å². The molecule has 0 aliphatic rings. The molecule has 4 nitrogen and oxygen atoms in total. The lowest BCUT2D eigenvalue weighted by molar-refractivity contribution is -0.143. The normalized spacial score (nSPS) is 15.1. The molecule has 2 radical (unpaired) electrons. The summed E-state index contributed by atoms with van der Waals surface area (Å²) in [6.07, 6.45) is 7.03. The Labute approximate surface area is 131 Å². The third-order valence-electron chi connectivity index (χ3n) is 2.78. The van der Waals surface area contributed by atoms with E-state index in [1.54, 1.807) is 0 Å². The lowest BCUT2D eigenvalue weighted by atomic mass is 10.1. The number of esters is 1. The lowest BCUT2D eigenvalue weighted by Crippen LogP contribution is -2.33. The Kier molecular flexibility index (Phi) is 10.6. The summed E-state index contributed by atoms with van der Waals surface area (Å²) in [6.45, 7) is 8.42. The van der Waals surface area contributed by atoms with Gasteiger partial charge in [0.05, 0.1) is 25.7 Å². The van der Waals surface area contributed by atoms with Gasteiger partial charge in [-0.2, -0.15) is 0 Å². The van der Waals surface area contributed by atoms with Crippen molar-refractivity contribution in [3.05, 3.63) is 12.2 Å². The SMILES string of the molecule is CCCCC/C=C/[C@H](O[Si]C(C)(C)C)[C@@H](O)CC(=O)OC. The second-order valence-electron chi connectivity index (χ2n) is 6.21. The van der Waals surface area contributed by atoms with E-state index in [1.165, 1.54) is 20.0 Å². The molecule has 1 N–H and O–H groups in total. The van der Waals surface area contributed by atoms with Crippen LogP contribution in [0.25, 0.3) is 0 Å². The largest absolute Gasteiger partial charge is 0.469 e. The van der Waals surface area contributed by atoms with Crippen molar-refractivity contribution in [2.45, 2.75) is 77.0 Å². The van der Waals surface area contributed by atoms with Crippen molar-refractivity contribution >= 4 is 15.7 Å². The van der Waals surface area contributed by atoms with Crippen LogP contribution in [0, 0.1) is 0 Å². The summed E-state index contributed by atoms with van der Waals surface area (Å²) in [6, 6.07) is 0. The standard InChI is InChI=1S/C16H30O4Si/c1-6-7-8-9-10-11-14(20-21-16(2,3)4)13(17)12-15(18)19-5/h10-11,13-14,17H,6-9,12H2,1-5H3/b11-10+/t13-,14-/m0/s1. The summed E-state index contributed by atoms with van der Waals surface area (Å²) in [4.78, 5) is 11.3. The van der Waals surface area contributed by atoms with Gasteiger partial charge in [-0.15, -0.1) is 0 Å². The van der Waals surface area contributed by atoms with Gasteiger partial charge in [-0.25, -0.2) is 0 Å². The number of carbonyl (C=O) groups is 1. The first-order valence-corrected chi connectivity index (χ1v) is 8.55. The molecule has 0 rings (SSSR count). The Morgan fingerprint density at radius 1 is 1.33 bits per heavy atom. The number of hydrogen-bond donors (Lipinski definition) is 1. The van der Waals surface area contributed by atoms with Crippen LogP contribution in [0.5, 0.6) is 0 Å². The zero-order chi connectivity index (χ0) is 16.3. The summed E-state index contributed by atoms with van der Waals surface area (Å²) >= 11 is 0. The highest BCUT2D eigenvalue weighted by atomic mass is 28.2. The van der Waals surface area contributed by atoms with Crippen molar-refractivity contribution in [1.82, 2.24) is 0 Å². The minimum Gasteiger partial charge on any atom is -0.469 e. The Hall–Kier alpha value is -0.653. The molecule has 0 fully saturated rings. The number of allylic oxidation sites excluding steroid dienone is 1. The zero-order valence-corrected chi connectivity index (χ0v) is 15.0. The molecule has 0 unspecified atom stereocenters. The molecular formula is C16H30O4Si. The van der Waals surface area contributed by atoms with Crippen molar-refractivity contribution in [1.29, 1.82) is 0 Å². The number of hydrogen-bond acceptors (Lipinski definition) is 4. The first-order chi connectivity index (χ1) is 9.80. The first kappa shape index (κ1) is 20.3. The van der Waals surface area contributed by atoms with E-state index in [2.05, 4.69) is 32.4 Å². The molecule has 0 aromatic carbocycles. The molecule has 0 amide bonds. The second-order valence-corrected chi connectivity index (χ2v) is 8.15. The molecule has 0 aromatic heterocycles. The molecule has 0 bridgehead atoms. The van der Waals surface area contributed by atoms with Crippen LogP contribution >= 0.6 is 0 Å². The minimum atomic E-state index is -0.866. The number of methoxy groups -OCH3 is 1. The van der Waals surface area contributed by atoms with Crippen LogP contribution in [0.3, 0.4) is 0 Å². The number of carbonyl (C=O) groups excluding carboxylic acids is 1. The van der Waals surface area contributed by atoms with Crippen molar-refractivity contribution in [3.63, 3.8) is 0 Å². The predicted molar refractivity (Wildman–Crippen MR) is 86.3 cm³/mol. The average molecular weight is 314 g/mol. The summed E-state index contributed by atoms with van der Waals surface area (Å²) < 4.78 is 10.4. The maximum atomic E-state index is 11.3. The summed E-state index contributed by atoms with van der Waals surface area (Å²) in [7, 11) is 1.58. The molecule has 0 spiro atoms. The van der Waals surface area contributed by atoms with Crippen LogP contribution in [-0.4, -0.2) is 40.2 Å². The lowest BCUT2D eigenvalue weighted by Gasteiger charge is -2.24. The fourth-order valence-corrected chi connectivity index (χ4v) is 2.33. The summed E-state index contributed by atoms with van der Waals surface area (Å²) in [5.41, 5.74) is 0. The van der Waals surface area contributed by atoms with Crippen LogP contribution in [0.1, 0.15) is 59.8 Å². The molecule has 0 heterocycles. The fourth-order valence-electron chi connectivity index (χ4n) is 1.60. The Balaban J connectivity index is 4.48. The highest BCUT2D eigenvalue weighted by molar-refractivity contribution is 6.31. The zero-order valence-electron chi connectivity index (χ0n) is 14.0. The topological polar surface area (TPSA) is 55.8 Å². The van der Waals surface area contributed by atoms with E-state index in [1.807, 2.05) is 12.2 Å². The molecule has 21 heavy (non-hydrogen) atoms. The van der Waals surface area contributed by atoms with E-state index >= 15 is 0 Å². The second kappa shape index (κ2) is 11.0. The van der Waals surface area contributed by atoms with Crippen molar-refractivity contribution in [2.24, 2.45) is 0 Å². The third-order valence-corrected chi connectivity index (χ3v) is 3.79. The Morgan fingerprint density at radius 3 is 2.52 bits per heavy atom. The maximum Gasteiger partial charge on any atom is 0.308 e. The van der Waals surface area contributed by atoms with Gasteiger partial charge in [0.25, 0.3) is 0 Å². The Bertz CT molecular complexity index is 310. The minimum absolute atomic E-state index is 0.0410. The van der Waals surface area contributed by atoms with Crippen LogP contribution in [0.15, 0.2) is 12.2 Å². The predicted octanol–water partition coefficient (Wildman–Crippen LogP) is 3.27. The first-order valence-electron chi connectivity index (χ1n) is 7.64. The monoisotopic (exact) mass is 314 g/mol. The van der Waals surface area contributed by atoms with Crippen LogP contribution in [0.4, 0.5) is 0 Å². The fraction of sp³-hybridized carbons (Fsp3) is 0.812.